The standard InChI is InChI=1S/C25H23N3O4S/c1-17(18-12-14-20(32-2)15-13-18)27-25(29)21-9-3-4-10-22(21)28-33(30,31)23-11-5-7-19-8-6-16-26-24(19)23/h3-17,28H,1-2H3,(H,27,29). The first kappa shape index (κ1) is 22.3. The number of amides is 1. The number of anilines is 1. The Labute approximate surface area is 192 Å². The van der Waals surface area contributed by atoms with E-state index in [1.807, 2.05) is 31.2 Å². The van der Waals surface area contributed by atoms with Crippen LogP contribution in [0.4, 0.5) is 5.69 Å². The van der Waals surface area contributed by atoms with Crippen molar-refractivity contribution in [2.75, 3.05) is 11.8 Å². The van der Waals surface area contributed by atoms with E-state index < -0.39 is 15.9 Å². The van der Waals surface area contributed by atoms with Gasteiger partial charge in [0.05, 0.1) is 29.9 Å². The fourth-order valence-electron chi connectivity index (χ4n) is 3.51. The van der Waals surface area contributed by atoms with Crippen LogP contribution in [0.15, 0.2) is 90.0 Å². The van der Waals surface area contributed by atoms with Gasteiger partial charge >= 0.3 is 0 Å². The number of rotatable bonds is 7. The lowest BCUT2D eigenvalue weighted by atomic mass is 10.1. The summed E-state index contributed by atoms with van der Waals surface area (Å²) >= 11 is 0. The summed E-state index contributed by atoms with van der Waals surface area (Å²) in [5, 5.41) is 3.63. The molecule has 2 N–H and O–H groups in total. The summed E-state index contributed by atoms with van der Waals surface area (Å²) in [6.07, 6.45) is 1.54. The van der Waals surface area contributed by atoms with Gasteiger partial charge in [-0.25, -0.2) is 8.42 Å². The third-order valence-electron chi connectivity index (χ3n) is 5.26. The highest BCUT2D eigenvalue weighted by molar-refractivity contribution is 7.93. The minimum atomic E-state index is -3.99. The van der Waals surface area contributed by atoms with E-state index in [-0.39, 0.29) is 22.2 Å². The Morgan fingerprint density at radius 1 is 0.939 bits per heavy atom. The molecule has 3 aromatic carbocycles. The lowest BCUT2D eigenvalue weighted by Crippen LogP contribution is -2.28. The molecule has 1 atom stereocenters. The molecule has 1 heterocycles. The molecule has 4 aromatic rings. The molecule has 0 aliphatic carbocycles. The molecule has 0 spiro atoms. The summed E-state index contributed by atoms with van der Waals surface area (Å²) in [7, 11) is -2.40. The van der Waals surface area contributed by atoms with Crippen LogP contribution >= 0.6 is 0 Å². The van der Waals surface area contributed by atoms with Gasteiger partial charge in [0.2, 0.25) is 0 Å². The van der Waals surface area contributed by atoms with Gasteiger partial charge in [-0.2, -0.15) is 0 Å². The molecule has 1 unspecified atom stereocenters. The summed E-state index contributed by atoms with van der Waals surface area (Å²) in [4.78, 5) is 17.3. The van der Waals surface area contributed by atoms with Crippen molar-refractivity contribution in [3.63, 3.8) is 0 Å². The summed E-state index contributed by atoms with van der Waals surface area (Å²) in [6.45, 7) is 1.86. The Morgan fingerprint density at radius 2 is 1.67 bits per heavy atom. The number of carbonyl (C=O) groups is 1. The molecule has 7 nitrogen and oxygen atoms in total. The number of hydrogen-bond acceptors (Lipinski definition) is 5. The van der Waals surface area contributed by atoms with Crippen LogP contribution in [0.2, 0.25) is 0 Å². The Hall–Kier alpha value is -3.91. The lowest BCUT2D eigenvalue weighted by molar-refractivity contribution is 0.0941. The molecule has 4 rings (SSSR count). The molecule has 1 amide bonds. The van der Waals surface area contributed by atoms with E-state index in [0.717, 1.165) is 11.3 Å². The van der Waals surface area contributed by atoms with E-state index in [1.54, 1.807) is 61.8 Å². The maximum Gasteiger partial charge on any atom is 0.264 e. The molecule has 1 aromatic heterocycles. The zero-order valence-corrected chi connectivity index (χ0v) is 19.0. The van der Waals surface area contributed by atoms with Gasteiger partial charge < -0.3 is 10.1 Å². The van der Waals surface area contributed by atoms with E-state index >= 15 is 0 Å². The molecule has 0 fully saturated rings. The molecule has 33 heavy (non-hydrogen) atoms. The number of methoxy groups -OCH3 is 1. The Morgan fingerprint density at radius 3 is 2.42 bits per heavy atom. The molecule has 0 aliphatic heterocycles. The molecule has 0 radical (unpaired) electrons. The molecule has 0 aliphatic rings. The first-order chi connectivity index (χ1) is 15.9. The van der Waals surface area contributed by atoms with Gasteiger partial charge in [0.15, 0.2) is 0 Å². The zero-order valence-electron chi connectivity index (χ0n) is 18.1. The number of nitrogens with one attached hydrogen (secondary N) is 2. The molecule has 0 saturated carbocycles. The number of ether oxygens (including phenoxy) is 1. The van der Waals surface area contributed by atoms with Gasteiger partial charge in [0.1, 0.15) is 10.6 Å². The number of aromatic nitrogens is 1. The summed E-state index contributed by atoms with van der Waals surface area (Å²) in [6, 6.07) is 22.1. The highest BCUT2D eigenvalue weighted by atomic mass is 32.2. The monoisotopic (exact) mass is 461 g/mol. The Kier molecular flexibility index (Phi) is 6.28. The maximum atomic E-state index is 13.2. The number of carbonyl (C=O) groups excluding carboxylic acids is 1. The van der Waals surface area contributed by atoms with Crippen molar-refractivity contribution in [3.8, 4) is 5.75 Å². The highest BCUT2D eigenvalue weighted by Crippen LogP contribution is 2.25. The molecule has 0 bridgehead atoms. The van der Waals surface area contributed by atoms with Crippen LogP contribution in [0.25, 0.3) is 10.9 Å². The van der Waals surface area contributed by atoms with Crippen LogP contribution in [0.1, 0.15) is 28.9 Å². The highest BCUT2D eigenvalue weighted by Gasteiger charge is 2.22. The van der Waals surface area contributed by atoms with E-state index in [4.69, 9.17) is 4.74 Å². The SMILES string of the molecule is COc1ccc(C(C)NC(=O)c2ccccc2NS(=O)(=O)c2cccc3cccnc23)cc1. The number of sulfonamides is 1. The van der Waals surface area contributed by atoms with Crippen molar-refractivity contribution in [3.05, 3.63) is 96.2 Å². The number of benzene rings is 3. The van der Waals surface area contributed by atoms with Crippen molar-refractivity contribution in [1.29, 1.82) is 0 Å². The molecule has 168 valence electrons. The maximum absolute atomic E-state index is 13.2. The van der Waals surface area contributed by atoms with Gasteiger partial charge in [-0.05, 0) is 48.9 Å². The van der Waals surface area contributed by atoms with Crippen LogP contribution in [-0.2, 0) is 10.0 Å². The van der Waals surface area contributed by atoms with Gasteiger partial charge in [-0.15, -0.1) is 0 Å². The fourth-order valence-corrected chi connectivity index (χ4v) is 4.77. The minimum Gasteiger partial charge on any atom is -0.497 e. The van der Waals surface area contributed by atoms with Gasteiger partial charge in [0, 0.05) is 11.6 Å². The summed E-state index contributed by atoms with van der Waals surface area (Å²) in [5.74, 6) is 0.326. The predicted octanol–water partition coefficient (Wildman–Crippen LogP) is 4.54. The van der Waals surface area contributed by atoms with E-state index in [0.29, 0.717) is 10.9 Å². The third kappa shape index (κ3) is 4.80. The quantitative estimate of drug-likeness (QED) is 0.421. The van der Waals surface area contributed by atoms with E-state index in [9.17, 15) is 13.2 Å². The minimum absolute atomic E-state index is 0.0439. The number of fused-ring (bicyclic) bond motifs is 1. The normalized spacial score (nSPS) is 12.2. The lowest BCUT2D eigenvalue weighted by Gasteiger charge is -2.17. The number of nitrogens with zero attached hydrogens (tertiary/aromatic N) is 1. The average Bonchev–Trinajstić information content (AvgIpc) is 2.83. The second-order valence-electron chi connectivity index (χ2n) is 7.45. The second kappa shape index (κ2) is 9.30. The van der Waals surface area contributed by atoms with Crippen molar-refractivity contribution < 1.29 is 17.9 Å². The van der Waals surface area contributed by atoms with Crippen LogP contribution < -0.4 is 14.8 Å². The van der Waals surface area contributed by atoms with Crippen molar-refractivity contribution in [1.82, 2.24) is 10.3 Å². The van der Waals surface area contributed by atoms with Crippen molar-refractivity contribution in [2.45, 2.75) is 17.9 Å². The molecule has 0 saturated heterocycles. The molecular formula is C25H23N3O4S. The Balaban J connectivity index is 1.59. The van der Waals surface area contributed by atoms with Crippen LogP contribution in [0, 0.1) is 0 Å². The van der Waals surface area contributed by atoms with Gasteiger partial charge in [-0.3, -0.25) is 14.5 Å². The number of para-hydroxylation sites is 2. The fraction of sp³-hybridized carbons (Fsp3) is 0.120. The van der Waals surface area contributed by atoms with Crippen molar-refractivity contribution >= 4 is 32.5 Å². The average molecular weight is 462 g/mol. The largest absolute Gasteiger partial charge is 0.497 e. The predicted molar refractivity (Wildman–Crippen MR) is 128 cm³/mol. The van der Waals surface area contributed by atoms with Crippen LogP contribution in [0.5, 0.6) is 5.75 Å². The topological polar surface area (TPSA) is 97.4 Å². The Bertz CT molecular complexity index is 1400. The van der Waals surface area contributed by atoms with E-state index in [1.165, 1.54) is 6.07 Å². The van der Waals surface area contributed by atoms with Crippen molar-refractivity contribution in [2.24, 2.45) is 0 Å². The second-order valence-corrected chi connectivity index (χ2v) is 9.10. The summed E-state index contributed by atoms with van der Waals surface area (Å²) < 4.78 is 34.1. The van der Waals surface area contributed by atoms with Gasteiger partial charge in [0.25, 0.3) is 15.9 Å². The summed E-state index contributed by atoms with van der Waals surface area (Å²) in [5.41, 5.74) is 1.66. The first-order valence-electron chi connectivity index (χ1n) is 10.3. The number of pyridine rings is 1. The molecular weight excluding hydrogens is 438 g/mol. The molecule has 8 heteroatoms. The van der Waals surface area contributed by atoms with Crippen LogP contribution in [-0.4, -0.2) is 26.4 Å². The van der Waals surface area contributed by atoms with Crippen LogP contribution in [0.3, 0.4) is 0 Å². The smallest absolute Gasteiger partial charge is 0.264 e. The van der Waals surface area contributed by atoms with Gasteiger partial charge in [-0.1, -0.05) is 42.5 Å². The third-order valence-corrected chi connectivity index (χ3v) is 6.66. The first-order valence-corrected chi connectivity index (χ1v) is 11.8. The zero-order chi connectivity index (χ0) is 23.4. The van der Waals surface area contributed by atoms with E-state index in [2.05, 4.69) is 15.0 Å². The number of hydrogen-bond donors (Lipinski definition) is 2.